The van der Waals surface area contributed by atoms with Gasteiger partial charge in [-0.05, 0) is 6.42 Å². The van der Waals surface area contributed by atoms with E-state index >= 15 is 0 Å². The fraction of sp³-hybridized carbons (Fsp3) is 0.625. The minimum atomic E-state index is 0.643. The molecule has 0 unspecified atom stereocenters. The van der Waals surface area contributed by atoms with Gasteiger partial charge in [-0.3, -0.25) is 0 Å². The number of oxime groups is 1. The van der Waals surface area contributed by atoms with Crippen molar-refractivity contribution in [2.45, 2.75) is 26.2 Å². The third-order valence-corrected chi connectivity index (χ3v) is 0.980. The van der Waals surface area contributed by atoms with Gasteiger partial charge in [0.2, 0.25) is 0 Å². The zero-order valence-electron chi connectivity index (χ0n) is 6.55. The van der Waals surface area contributed by atoms with Gasteiger partial charge in [0.1, 0.15) is 6.61 Å². The molecule has 0 saturated heterocycles. The molecule has 0 aliphatic carbocycles. The molecule has 0 amide bonds. The number of unbranched alkanes of at least 4 members (excludes halogenated alkanes) is 1. The Labute approximate surface area is 62.6 Å². The highest BCUT2D eigenvalue weighted by molar-refractivity contribution is 5.55. The van der Waals surface area contributed by atoms with Crippen LogP contribution >= 0.6 is 0 Å². The second-order valence-corrected chi connectivity index (χ2v) is 1.99. The van der Waals surface area contributed by atoms with Gasteiger partial charge in [0.15, 0.2) is 0 Å². The first kappa shape index (κ1) is 9.21. The van der Waals surface area contributed by atoms with Crippen molar-refractivity contribution in [2.24, 2.45) is 5.16 Å². The van der Waals surface area contributed by atoms with E-state index in [1.807, 2.05) is 6.08 Å². The van der Waals surface area contributed by atoms with Gasteiger partial charge in [0.05, 0.1) is 0 Å². The van der Waals surface area contributed by atoms with Gasteiger partial charge in [0, 0.05) is 12.6 Å². The average molecular weight is 141 g/mol. The molecule has 58 valence electrons. The molecule has 2 heteroatoms. The summed E-state index contributed by atoms with van der Waals surface area (Å²) in [5.74, 6) is 0. The van der Waals surface area contributed by atoms with E-state index in [0.29, 0.717) is 6.61 Å². The molecule has 10 heavy (non-hydrogen) atoms. The van der Waals surface area contributed by atoms with Crippen LogP contribution in [0.4, 0.5) is 0 Å². The Morgan fingerprint density at radius 3 is 2.90 bits per heavy atom. The predicted molar refractivity (Wildman–Crippen MR) is 44.2 cm³/mol. The third-order valence-electron chi connectivity index (χ3n) is 0.980. The predicted octanol–water partition coefficient (Wildman–Crippen LogP) is 2.37. The van der Waals surface area contributed by atoms with Crippen molar-refractivity contribution in [3.8, 4) is 0 Å². The van der Waals surface area contributed by atoms with Crippen molar-refractivity contribution in [1.29, 1.82) is 0 Å². The maximum absolute atomic E-state index is 4.87. The van der Waals surface area contributed by atoms with Crippen LogP contribution in [-0.2, 0) is 4.84 Å². The van der Waals surface area contributed by atoms with Crippen LogP contribution in [0.5, 0.6) is 0 Å². The Hall–Kier alpha value is -0.790. The number of hydrogen-bond acceptors (Lipinski definition) is 2. The molecule has 0 fully saturated rings. The second-order valence-electron chi connectivity index (χ2n) is 1.99. The van der Waals surface area contributed by atoms with Crippen molar-refractivity contribution in [1.82, 2.24) is 0 Å². The third kappa shape index (κ3) is 7.21. The molecule has 0 heterocycles. The van der Waals surface area contributed by atoms with Crippen molar-refractivity contribution in [3.63, 3.8) is 0 Å². The Morgan fingerprint density at radius 1 is 1.50 bits per heavy atom. The first-order valence-electron chi connectivity index (χ1n) is 3.66. The normalized spacial score (nSPS) is 10.1. The molecule has 0 aliphatic heterocycles. The van der Waals surface area contributed by atoms with Gasteiger partial charge < -0.3 is 4.84 Å². The van der Waals surface area contributed by atoms with E-state index < -0.39 is 0 Å². The smallest absolute Gasteiger partial charge is 0.120 e. The van der Waals surface area contributed by atoms with Gasteiger partial charge in [-0.25, -0.2) is 0 Å². The van der Waals surface area contributed by atoms with E-state index in [9.17, 15) is 0 Å². The first-order valence-corrected chi connectivity index (χ1v) is 3.66. The Kier molecular flexibility index (Phi) is 7.56. The Balaban J connectivity index is 2.94. The lowest BCUT2D eigenvalue weighted by atomic mass is 10.4. The summed E-state index contributed by atoms with van der Waals surface area (Å²) in [6, 6.07) is 0. The lowest BCUT2D eigenvalue weighted by Crippen LogP contribution is -1.84. The Morgan fingerprint density at radius 2 is 2.30 bits per heavy atom. The number of hydrogen-bond donors (Lipinski definition) is 0. The molecule has 0 aromatic heterocycles. The number of rotatable bonds is 6. The zero-order chi connectivity index (χ0) is 7.66. The van der Waals surface area contributed by atoms with Crippen LogP contribution in [0.2, 0.25) is 0 Å². The zero-order valence-corrected chi connectivity index (χ0v) is 6.55. The van der Waals surface area contributed by atoms with E-state index in [-0.39, 0.29) is 0 Å². The molecule has 0 aliphatic rings. The largest absolute Gasteiger partial charge is 0.396 e. The highest BCUT2D eigenvalue weighted by Gasteiger charge is 1.77. The molecular weight excluding hydrogens is 126 g/mol. The molecule has 0 atom stereocenters. The standard InChI is InChI=1S/C8H15NO/c1-3-5-7-9-10-8-6-4-2/h4,7H,2-3,5-6,8H2,1H3. The van der Waals surface area contributed by atoms with Crippen LogP contribution in [0.3, 0.4) is 0 Å². The van der Waals surface area contributed by atoms with Crippen LogP contribution in [0.1, 0.15) is 26.2 Å². The van der Waals surface area contributed by atoms with Crippen molar-refractivity contribution < 1.29 is 4.84 Å². The van der Waals surface area contributed by atoms with Crippen LogP contribution < -0.4 is 0 Å². The van der Waals surface area contributed by atoms with Crippen molar-refractivity contribution >= 4 is 6.21 Å². The lowest BCUT2D eigenvalue weighted by Gasteiger charge is -1.92. The van der Waals surface area contributed by atoms with E-state index in [4.69, 9.17) is 4.84 Å². The maximum Gasteiger partial charge on any atom is 0.120 e. The van der Waals surface area contributed by atoms with Crippen LogP contribution in [0, 0.1) is 0 Å². The van der Waals surface area contributed by atoms with Gasteiger partial charge in [0.25, 0.3) is 0 Å². The summed E-state index contributed by atoms with van der Waals surface area (Å²) in [6.45, 7) is 6.31. The van der Waals surface area contributed by atoms with Crippen molar-refractivity contribution in [2.75, 3.05) is 6.61 Å². The molecule has 0 aromatic rings. The summed E-state index contributed by atoms with van der Waals surface area (Å²) >= 11 is 0. The highest BCUT2D eigenvalue weighted by atomic mass is 16.6. The molecule has 0 saturated carbocycles. The van der Waals surface area contributed by atoms with Crippen molar-refractivity contribution in [3.05, 3.63) is 12.7 Å². The first-order chi connectivity index (χ1) is 4.91. The lowest BCUT2D eigenvalue weighted by molar-refractivity contribution is 0.150. The minimum Gasteiger partial charge on any atom is -0.396 e. The molecule has 0 radical (unpaired) electrons. The molecule has 0 bridgehead atoms. The molecule has 0 N–H and O–H groups in total. The molecular formula is C8H15NO. The van der Waals surface area contributed by atoms with Crippen LogP contribution in [-0.4, -0.2) is 12.8 Å². The summed E-state index contributed by atoms with van der Waals surface area (Å²) in [5, 5.41) is 3.73. The van der Waals surface area contributed by atoms with Gasteiger partial charge >= 0.3 is 0 Å². The quantitative estimate of drug-likeness (QED) is 0.241. The van der Waals surface area contributed by atoms with Gasteiger partial charge in [-0.15, -0.1) is 6.58 Å². The molecule has 0 rings (SSSR count). The Bertz CT molecular complexity index is 99.4. The minimum absolute atomic E-state index is 0.643. The fourth-order valence-electron chi connectivity index (χ4n) is 0.423. The second kappa shape index (κ2) is 8.21. The summed E-state index contributed by atoms with van der Waals surface area (Å²) < 4.78 is 0. The fourth-order valence-corrected chi connectivity index (χ4v) is 0.423. The summed E-state index contributed by atoms with van der Waals surface area (Å²) in [4.78, 5) is 4.87. The van der Waals surface area contributed by atoms with E-state index in [1.54, 1.807) is 6.21 Å². The van der Waals surface area contributed by atoms with Gasteiger partial charge in [-0.2, -0.15) is 0 Å². The van der Waals surface area contributed by atoms with E-state index in [1.165, 1.54) is 0 Å². The summed E-state index contributed by atoms with van der Waals surface area (Å²) in [5.41, 5.74) is 0. The molecule has 0 aromatic carbocycles. The van der Waals surface area contributed by atoms with Crippen LogP contribution in [0.25, 0.3) is 0 Å². The average Bonchev–Trinajstić information content (AvgIpc) is 1.97. The van der Waals surface area contributed by atoms with Gasteiger partial charge in [-0.1, -0.05) is 24.6 Å². The molecule has 0 spiro atoms. The highest BCUT2D eigenvalue weighted by Crippen LogP contribution is 1.85. The summed E-state index contributed by atoms with van der Waals surface area (Å²) in [7, 11) is 0. The monoisotopic (exact) mass is 141 g/mol. The SMILES string of the molecule is C=CCCON=CCCC. The van der Waals surface area contributed by atoms with E-state index in [2.05, 4.69) is 18.7 Å². The number of nitrogens with zero attached hydrogens (tertiary/aromatic N) is 1. The van der Waals surface area contributed by atoms with E-state index in [0.717, 1.165) is 19.3 Å². The maximum atomic E-state index is 4.87. The summed E-state index contributed by atoms with van der Waals surface area (Å²) in [6.07, 6.45) is 6.59. The topological polar surface area (TPSA) is 21.6 Å². The molecule has 2 nitrogen and oxygen atoms in total. The van der Waals surface area contributed by atoms with Crippen LogP contribution in [0.15, 0.2) is 17.8 Å².